The van der Waals surface area contributed by atoms with Crippen molar-refractivity contribution in [2.45, 2.75) is 71.7 Å². The molecular formula is C31H42N4O7. The third-order valence-corrected chi connectivity index (χ3v) is 6.21. The maximum Gasteiger partial charge on any atom is 0.408 e. The van der Waals surface area contributed by atoms with Gasteiger partial charge in [-0.15, -0.1) is 0 Å². The molecule has 0 bridgehead atoms. The van der Waals surface area contributed by atoms with Crippen molar-refractivity contribution in [3.05, 3.63) is 71.8 Å². The molecule has 0 aliphatic heterocycles. The molecule has 0 fully saturated rings. The van der Waals surface area contributed by atoms with Crippen LogP contribution in [0.2, 0.25) is 0 Å². The number of carbonyl (C=O) groups is 5. The van der Waals surface area contributed by atoms with Crippen LogP contribution in [0.3, 0.4) is 0 Å². The fraction of sp³-hybridized carbons (Fsp3) is 0.452. The van der Waals surface area contributed by atoms with E-state index in [9.17, 15) is 29.1 Å². The van der Waals surface area contributed by atoms with Crippen molar-refractivity contribution in [2.75, 3.05) is 6.54 Å². The zero-order valence-electron chi connectivity index (χ0n) is 24.6. The minimum absolute atomic E-state index is 0.0189. The second-order valence-electron chi connectivity index (χ2n) is 10.9. The smallest absolute Gasteiger partial charge is 0.408 e. The molecule has 0 radical (unpaired) electrons. The molecule has 0 saturated carbocycles. The predicted octanol–water partition coefficient (Wildman–Crippen LogP) is 2.79. The van der Waals surface area contributed by atoms with Gasteiger partial charge >= 0.3 is 12.1 Å². The number of alkyl carbamates (subject to hydrolysis) is 1. The van der Waals surface area contributed by atoms with Gasteiger partial charge in [-0.05, 0) is 35.8 Å². The summed E-state index contributed by atoms with van der Waals surface area (Å²) in [6.45, 7) is 7.00. The molecule has 2 aromatic rings. The molecule has 0 spiro atoms. The Morgan fingerprint density at radius 1 is 0.690 bits per heavy atom. The van der Waals surface area contributed by atoms with Gasteiger partial charge in [0.15, 0.2) is 0 Å². The van der Waals surface area contributed by atoms with Crippen LogP contribution in [-0.2, 0) is 36.9 Å². The number of amides is 4. The van der Waals surface area contributed by atoms with Crippen LogP contribution in [0.1, 0.15) is 51.7 Å². The van der Waals surface area contributed by atoms with E-state index in [-0.39, 0.29) is 37.7 Å². The van der Waals surface area contributed by atoms with Crippen LogP contribution in [0, 0.1) is 11.8 Å². The number of rotatable bonds is 16. The quantitative estimate of drug-likeness (QED) is 0.203. The number of carbonyl (C=O) groups excluding carboxylic acids is 4. The van der Waals surface area contributed by atoms with Crippen LogP contribution in [-0.4, -0.2) is 59.6 Å². The summed E-state index contributed by atoms with van der Waals surface area (Å²) in [7, 11) is 0. The Morgan fingerprint density at radius 3 is 1.79 bits per heavy atom. The number of benzene rings is 2. The molecule has 3 atom stereocenters. The second-order valence-corrected chi connectivity index (χ2v) is 10.9. The molecule has 228 valence electrons. The van der Waals surface area contributed by atoms with E-state index in [4.69, 9.17) is 4.74 Å². The highest BCUT2D eigenvalue weighted by Gasteiger charge is 2.28. The minimum Gasteiger partial charge on any atom is -0.480 e. The van der Waals surface area contributed by atoms with Crippen LogP contribution in [0.5, 0.6) is 0 Å². The van der Waals surface area contributed by atoms with E-state index >= 15 is 0 Å². The molecule has 0 unspecified atom stereocenters. The Morgan fingerprint density at radius 2 is 1.24 bits per heavy atom. The topological polar surface area (TPSA) is 163 Å². The Labute approximate surface area is 246 Å². The van der Waals surface area contributed by atoms with Crippen LogP contribution in [0.4, 0.5) is 4.79 Å². The average Bonchev–Trinajstić information content (AvgIpc) is 2.94. The zero-order valence-corrected chi connectivity index (χ0v) is 24.6. The van der Waals surface area contributed by atoms with Crippen molar-refractivity contribution < 1.29 is 33.8 Å². The second kappa shape index (κ2) is 17.4. The molecule has 2 aromatic carbocycles. The lowest BCUT2D eigenvalue weighted by Crippen LogP contribution is -2.55. The summed E-state index contributed by atoms with van der Waals surface area (Å²) in [6, 6.07) is 15.0. The molecule has 5 N–H and O–H groups in total. The molecule has 11 heteroatoms. The molecular weight excluding hydrogens is 540 g/mol. The van der Waals surface area contributed by atoms with Gasteiger partial charge in [-0.1, -0.05) is 88.4 Å². The van der Waals surface area contributed by atoms with Crippen molar-refractivity contribution in [3.8, 4) is 0 Å². The van der Waals surface area contributed by atoms with Gasteiger partial charge in [0, 0.05) is 6.42 Å². The van der Waals surface area contributed by atoms with Crippen LogP contribution in [0.15, 0.2) is 60.7 Å². The number of ether oxygens (including phenoxy) is 1. The standard InChI is InChI=1S/C31H42N4O7/c1-20(2)15-24(29(38)34-26(30(39)40)16-21(3)4)33-27(36)18-32-28(37)25(17-22-11-7-5-8-12-22)35-31(41)42-19-23-13-9-6-10-14-23/h5-14,20-21,24-26H,15-19H2,1-4H3,(H,32,37)(H,33,36)(H,34,38)(H,35,41)(H,39,40)/t24-,25-,26-/m0/s1. The van der Waals surface area contributed by atoms with Crippen LogP contribution < -0.4 is 21.3 Å². The highest BCUT2D eigenvalue weighted by molar-refractivity contribution is 5.93. The maximum atomic E-state index is 13.1. The molecule has 4 amide bonds. The minimum atomic E-state index is -1.15. The third kappa shape index (κ3) is 12.8. The summed E-state index contributed by atoms with van der Waals surface area (Å²) in [5.74, 6) is -2.96. The third-order valence-electron chi connectivity index (χ3n) is 6.21. The molecule has 0 heterocycles. The predicted molar refractivity (Wildman–Crippen MR) is 157 cm³/mol. The first-order valence-corrected chi connectivity index (χ1v) is 14.1. The molecule has 11 nitrogen and oxygen atoms in total. The van der Waals surface area contributed by atoms with Gasteiger partial charge in [0.25, 0.3) is 0 Å². The van der Waals surface area contributed by atoms with Crippen LogP contribution >= 0.6 is 0 Å². The first-order chi connectivity index (χ1) is 19.9. The number of hydrogen-bond donors (Lipinski definition) is 5. The highest BCUT2D eigenvalue weighted by atomic mass is 16.5. The molecule has 0 aromatic heterocycles. The molecule has 0 aliphatic carbocycles. The lowest BCUT2D eigenvalue weighted by atomic mass is 10.0. The first-order valence-electron chi connectivity index (χ1n) is 14.1. The summed E-state index contributed by atoms with van der Waals surface area (Å²) in [5, 5.41) is 19.7. The monoisotopic (exact) mass is 582 g/mol. The largest absolute Gasteiger partial charge is 0.480 e. The number of hydrogen-bond acceptors (Lipinski definition) is 6. The number of carboxylic acid groups (broad SMARTS) is 1. The summed E-state index contributed by atoms with van der Waals surface area (Å²) >= 11 is 0. The summed E-state index contributed by atoms with van der Waals surface area (Å²) < 4.78 is 5.26. The summed E-state index contributed by atoms with van der Waals surface area (Å²) in [5.41, 5.74) is 1.57. The van der Waals surface area contributed by atoms with Gasteiger partial charge in [-0.3, -0.25) is 14.4 Å². The molecule has 0 aliphatic rings. The molecule has 0 saturated heterocycles. The van der Waals surface area contributed by atoms with Crippen molar-refractivity contribution >= 4 is 29.8 Å². The maximum absolute atomic E-state index is 13.1. The van der Waals surface area contributed by atoms with Crippen molar-refractivity contribution in [1.29, 1.82) is 0 Å². The average molecular weight is 583 g/mol. The van der Waals surface area contributed by atoms with Gasteiger partial charge in [0.05, 0.1) is 6.54 Å². The summed E-state index contributed by atoms with van der Waals surface area (Å²) in [4.78, 5) is 62.9. The van der Waals surface area contributed by atoms with Crippen molar-refractivity contribution in [3.63, 3.8) is 0 Å². The van der Waals surface area contributed by atoms with Crippen molar-refractivity contribution in [2.24, 2.45) is 11.8 Å². The van der Waals surface area contributed by atoms with Gasteiger partial charge in [-0.2, -0.15) is 0 Å². The van der Waals surface area contributed by atoms with Crippen LogP contribution in [0.25, 0.3) is 0 Å². The normalized spacial score (nSPS) is 13.0. The number of nitrogens with one attached hydrogen (secondary N) is 4. The Bertz CT molecular complexity index is 1170. The van der Waals surface area contributed by atoms with E-state index in [1.54, 1.807) is 12.1 Å². The fourth-order valence-electron chi connectivity index (χ4n) is 4.17. The van der Waals surface area contributed by atoms with Crippen molar-refractivity contribution in [1.82, 2.24) is 21.3 Å². The van der Waals surface area contributed by atoms with Gasteiger partial charge in [0.1, 0.15) is 24.7 Å². The van der Waals surface area contributed by atoms with Gasteiger partial charge in [0.2, 0.25) is 17.7 Å². The Kier molecular flexibility index (Phi) is 14.0. The van der Waals surface area contributed by atoms with E-state index < -0.39 is 54.5 Å². The van der Waals surface area contributed by atoms with E-state index in [2.05, 4.69) is 21.3 Å². The highest BCUT2D eigenvalue weighted by Crippen LogP contribution is 2.09. The lowest BCUT2D eigenvalue weighted by molar-refractivity contribution is -0.142. The lowest BCUT2D eigenvalue weighted by Gasteiger charge is -2.24. The van der Waals surface area contributed by atoms with E-state index in [0.717, 1.165) is 11.1 Å². The first kappa shape index (κ1) is 33.8. The molecule has 42 heavy (non-hydrogen) atoms. The van der Waals surface area contributed by atoms with Gasteiger partial charge in [-0.25, -0.2) is 9.59 Å². The van der Waals surface area contributed by atoms with Gasteiger partial charge < -0.3 is 31.1 Å². The summed E-state index contributed by atoms with van der Waals surface area (Å²) in [6.07, 6.45) is -0.129. The Balaban J connectivity index is 2.02. The SMILES string of the molecule is CC(C)C[C@H](NC(=O)[C@H](CC(C)C)NC(=O)CNC(=O)[C@H](Cc1ccccc1)NC(=O)OCc1ccccc1)C(=O)O. The van der Waals surface area contributed by atoms with E-state index in [1.165, 1.54) is 0 Å². The molecule has 2 rings (SSSR count). The fourth-order valence-corrected chi connectivity index (χ4v) is 4.17. The van der Waals surface area contributed by atoms with E-state index in [1.807, 2.05) is 76.2 Å². The number of aliphatic carboxylic acids is 1. The zero-order chi connectivity index (χ0) is 31.1. The number of carboxylic acids is 1. The Hall–Kier alpha value is -4.41. The van der Waals surface area contributed by atoms with E-state index in [0.29, 0.717) is 0 Å².